The van der Waals surface area contributed by atoms with E-state index in [4.69, 9.17) is 5.11 Å². The summed E-state index contributed by atoms with van der Waals surface area (Å²) in [6, 6.07) is -0.761. The van der Waals surface area contributed by atoms with Gasteiger partial charge in [-0.3, -0.25) is 0 Å². The summed E-state index contributed by atoms with van der Waals surface area (Å²) in [7, 11) is -2.16. The molecule has 0 rings (SSSR count). The van der Waals surface area contributed by atoms with Crippen LogP contribution in [0.2, 0.25) is 0 Å². The van der Waals surface area contributed by atoms with Crippen molar-refractivity contribution in [2.24, 2.45) is 0 Å². The van der Waals surface area contributed by atoms with Crippen molar-refractivity contribution in [2.45, 2.75) is 12.5 Å². The highest BCUT2D eigenvalue weighted by Gasteiger charge is 2.30. The van der Waals surface area contributed by atoms with Gasteiger partial charge in [0.25, 0.3) is 0 Å². The summed E-state index contributed by atoms with van der Waals surface area (Å²) in [6.45, 7) is 0.401. The van der Waals surface area contributed by atoms with Gasteiger partial charge >= 0.3 is 12.0 Å². The summed E-state index contributed by atoms with van der Waals surface area (Å²) in [5.41, 5.74) is -2.08. The van der Waals surface area contributed by atoms with Crippen molar-refractivity contribution >= 4 is 22.0 Å². The van der Waals surface area contributed by atoms with Crippen LogP contribution in [0.3, 0.4) is 0 Å². The van der Waals surface area contributed by atoms with E-state index in [9.17, 15) is 23.1 Å². The predicted octanol–water partition coefficient (Wildman–Crippen LogP) is -2.33. The fourth-order valence-corrected chi connectivity index (χ4v) is 1.37. The number of urea groups is 1. The number of sulfonamides is 1. The van der Waals surface area contributed by atoms with Crippen LogP contribution in [0.25, 0.3) is 0 Å². The van der Waals surface area contributed by atoms with Gasteiger partial charge in [0.1, 0.15) is 0 Å². The van der Waals surface area contributed by atoms with Crippen LogP contribution in [0.5, 0.6) is 0 Å². The molecule has 1 unspecified atom stereocenters. The maximum Gasteiger partial charge on any atom is 0.337 e. The molecule has 0 saturated heterocycles. The van der Waals surface area contributed by atoms with Gasteiger partial charge in [-0.1, -0.05) is 0 Å². The SMILES string of the molecule is CNS(=O)(=O)CCNC(=O)NCC(C)(O)C(=O)O. The van der Waals surface area contributed by atoms with Crippen LogP contribution in [0.15, 0.2) is 0 Å². The minimum absolute atomic E-state index is 0.135. The molecule has 0 spiro atoms. The molecule has 0 fully saturated rings. The fraction of sp³-hybridized carbons (Fsp3) is 0.750. The first kappa shape index (κ1) is 16.6. The van der Waals surface area contributed by atoms with Crippen LogP contribution in [0.4, 0.5) is 4.79 Å². The Morgan fingerprint density at radius 3 is 2.28 bits per heavy atom. The fourth-order valence-electron chi connectivity index (χ4n) is 0.791. The molecule has 0 bridgehead atoms. The molecule has 0 aliphatic rings. The van der Waals surface area contributed by atoms with Gasteiger partial charge in [0, 0.05) is 6.54 Å². The van der Waals surface area contributed by atoms with E-state index in [0.717, 1.165) is 6.92 Å². The molecular weight excluding hydrogens is 266 g/mol. The van der Waals surface area contributed by atoms with E-state index in [0.29, 0.717) is 0 Å². The Balaban J connectivity index is 3.97. The number of carbonyl (C=O) groups is 2. The zero-order valence-electron chi connectivity index (χ0n) is 10.1. The topological polar surface area (TPSA) is 145 Å². The molecule has 18 heavy (non-hydrogen) atoms. The maximum absolute atomic E-state index is 11.1. The third-order valence-corrected chi connectivity index (χ3v) is 3.38. The highest BCUT2D eigenvalue weighted by atomic mass is 32.2. The van der Waals surface area contributed by atoms with Gasteiger partial charge in [0.2, 0.25) is 10.0 Å². The normalized spacial score (nSPS) is 14.6. The molecule has 9 nitrogen and oxygen atoms in total. The Bertz CT molecular complexity index is 405. The molecule has 0 aliphatic heterocycles. The smallest absolute Gasteiger partial charge is 0.337 e. The molecule has 1 atom stereocenters. The van der Waals surface area contributed by atoms with E-state index in [1.807, 2.05) is 0 Å². The van der Waals surface area contributed by atoms with Crippen molar-refractivity contribution in [2.75, 3.05) is 25.9 Å². The van der Waals surface area contributed by atoms with Crippen LogP contribution in [0.1, 0.15) is 6.92 Å². The van der Waals surface area contributed by atoms with Gasteiger partial charge in [-0.2, -0.15) is 0 Å². The van der Waals surface area contributed by atoms with Crippen LogP contribution >= 0.6 is 0 Å². The van der Waals surface area contributed by atoms with Gasteiger partial charge in [-0.25, -0.2) is 22.7 Å². The van der Waals surface area contributed by atoms with Crippen molar-refractivity contribution < 1.29 is 28.2 Å². The zero-order valence-corrected chi connectivity index (χ0v) is 10.9. The molecule has 0 aromatic rings. The minimum Gasteiger partial charge on any atom is -0.479 e. The van der Waals surface area contributed by atoms with E-state index >= 15 is 0 Å². The molecular formula is C8H17N3O6S. The van der Waals surface area contributed by atoms with E-state index in [1.54, 1.807) is 0 Å². The summed E-state index contributed by atoms with van der Waals surface area (Å²) >= 11 is 0. The van der Waals surface area contributed by atoms with Crippen molar-refractivity contribution in [3.05, 3.63) is 0 Å². The lowest BCUT2D eigenvalue weighted by Gasteiger charge is -2.18. The van der Waals surface area contributed by atoms with Crippen LogP contribution in [-0.4, -0.2) is 62.1 Å². The standard InChI is InChI=1S/C8H17N3O6S/c1-8(15,6(12)13)5-11-7(14)10-3-4-18(16,17)9-2/h9,15H,3-5H2,1-2H3,(H,12,13)(H2,10,11,14). The average Bonchev–Trinajstić information content (AvgIpc) is 2.26. The summed E-state index contributed by atoms with van der Waals surface area (Å²) in [5, 5.41) is 22.2. The molecule has 5 N–H and O–H groups in total. The number of carboxylic acids is 1. The third kappa shape index (κ3) is 6.37. The van der Waals surface area contributed by atoms with E-state index in [-0.39, 0.29) is 12.3 Å². The molecule has 0 radical (unpaired) electrons. The first-order valence-corrected chi connectivity index (χ1v) is 6.64. The van der Waals surface area contributed by atoms with Crippen LogP contribution < -0.4 is 15.4 Å². The summed E-state index contributed by atoms with van der Waals surface area (Å²) in [5.74, 6) is -1.77. The van der Waals surface area contributed by atoms with Crippen molar-refractivity contribution in [3.8, 4) is 0 Å². The second kappa shape index (κ2) is 6.52. The van der Waals surface area contributed by atoms with Gasteiger partial charge in [0.15, 0.2) is 5.60 Å². The first-order valence-electron chi connectivity index (χ1n) is 4.99. The number of rotatable bonds is 7. The van der Waals surface area contributed by atoms with Crippen molar-refractivity contribution in [3.63, 3.8) is 0 Å². The zero-order chi connectivity index (χ0) is 14.4. The van der Waals surface area contributed by atoms with Gasteiger partial charge in [-0.15, -0.1) is 0 Å². The number of nitrogens with one attached hydrogen (secondary N) is 3. The first-order chi connectivity index (χ1) is 8.10. The largest absolute Gasteiger partial charge is 0.479 e. The Labute approximate surface area is 105 Å². The number of hydrogen-bond acceptors (Lipinski definition) is 5. The van der Waals surface area contributed by atoms with Crippen molar-refractivity contribution in [1.82, 2.24) is 15.4 Å². The van der Waals surface area contributed by atoms with E-state index in [2.05, 4.69) is 15.4 Å². The van der Waals surface area contributed by atoms with Crippen LogP contribution in [0, 0.1) is 0 Å². The highest BCUT2D eigenvalue weighted by Crippen LogP contribution is 2.00. The highest BCUT2D eigenvalue weighted by molar-refractivity contribution is 7.89. The molecule has 2 amide bonds. The molecule has 0 aromatic carbocycles. The lowest BCUT2D eigenvalue weighted by atomic mass is 10.1. The predicted molar refractivity (Wildman–Crippen MR) is 62.5 cm³/mol. The second-order valence-electron chi connectivity index (χ2n) is 3.71. The lowest BCUT2D eigenvalue weighted by Crippen LogP contribution is -2.49. The Morgan fingerprint density at radius 1 is 1.28 bits per heavy atom. The van der Waals surface area contributed by atoms with Crippen LogP contribution in [-0.2, 0) is 14.8 Å². The number of hydrogen-bond donors (Lipinski definition) is 5. The Hall–Kier alpha value is -1.39. The Morgan fingerprint density at radius 2 is 1.83 bits per heavy atom. The monoisotopic (exact) mass is 283 g/mol. The number of carboxylic acid groups (broad SMARTS) is 1. The summed E-state index contributed by atoms with van der Waals surface area (Å²) in [4.78, 5) is 21.7. The van der Waals surface area contributed by atoms with E-state index in [1.165, 1.54) is 7.05 Å². The average molecular weight is 283 g/mol. The van der Waals surface area contributed by atoms with Crippen molar-refractivity contribution in [1.29, 1.82) is 0 Å². The number of aliphatic carboxylic acids is 1. The summed E-state index contributed by atoms with van der Waals surface area (Å²) < 4.78 is 24.0. The molecule has 0 aliphatic carbocycles. The maximum atomic E-state index is 11.1. The Kier molecular flexibility index (Phi) is 6.01. The van der Waals surface area contributed by atoms with Gasteiger partial charge in [0.05, 0.1) is 12.3 Å². The minimum atomic E-state index is -3.41. The number of amides is 2. The van der Waals surface area contributed by atoms with Gasteiger partial charge in [-0.05, 0) is 14.0 Å². The number of carbonyl (C=O) groups excluding carboxylic acids is 1. The van der Waals surface area contributed by atoms with Gasteiger partial charge < -0.3 is 20.8 Å². The quantitative estimate of drug-likeness (QED) is 0.354. The van der Waals surface area contributed by atoms with E-state index < -0.39 is 34.2 Å². The molecule has 0 heterocycles. The third-order valence-electron chi connectivity index (χ3n) is 2.02. The molecule has 106 valence electrons. The second-order valence-corrected chi connectivity index (χ2v) is 5.76. The molecule has 10 heteroatoms. The molecule has 0 aromatic heterocycles. The molecule has 0 saturated carbocycles. The lowest BCUT2D eigenvalue weighted by molar-refractivity contribution is -0.155. The summed E-state index contributed by atoms with van der Waals surface area (Å²) in [6.07, 6.45) is 0. The number of aliphatic hydroxyl groups is 1.